The molecule has 0 saturated heterocycles. The fourth-order valence-electron chi connectivity index (χ4n) is 2.72. The largest absolute Gasteiger partial charge is 0.494 e. The highest BCUT2D eigenvalue weighted by Crippen LogP contribution is 2.38. The molecule has 2 aromatic rings. The van der Waals surface area contributed by atoms with Crippen LogP contribution in [0, 0.1) is 5.92 Å². The number of hydrogen-bond acceptors (Lipinski definition) is 6. The topological polar surface area (TPSA) is 95.1 Å². The van der Waals surface area contributed by atoms with Crippen molar-refractivity contribution in [2.75, 3.05) is 27.9 Å². The first-order valence-corrected chi connectivity index (χ1v) is 10.2. The molecule has 2 N–H and O–H groups in total. The minimum absolute atomic E-state index is 0.398. The maximum Gasteiger partial charge on any atom is 0.269 e. The van der Waals surface area contributed by atoms with E-state index in [-0.39, 0.29) is 0 Å². The molecule has 0 aliphatic heterocycles. The molecule has 0 aliphatic rings. The minimum Gasteiger partial charge on any atom is -0.494 e. The predicted octanol–water partition coefficient (Wildman–Crippen LogP) is 3.61. The number of nitrogens with one attached hydrogen (secondary N) is 2. The van der Waals surface area contributed by atoms with Gasteiger partial charge < -0.3 is 18.9 Å². The van der Waals surface area contributed by atoms with Crippen LogP contribution < -0.4 is 29.8 Å². The third-order valence-corrected chi connectivity index (χ3v) is 4.49. The quantitative estimate of drug-likeness (QED) is 0.431. The van der Waals surface area contributed by atoms with Gasteiger partial charge in [0.1, 0.15) is 5.75 Å². The third-order valence-electron chi connectivity index (χ3n) is 4.49. The van der Waals surface area contributed by atoms with Gasteiger partial charge in [0.2, 0.25) is 5.75 Å². The molecule has 32 heavy (non-hydrogen) atoms. The number of methoxy groups -OCH3 is 3. The first-order chi connectivity index (χ1) is 15.4. The van der Waals surface area contributed by atoms with E-state index in [4.69, 9.17) is 18.9 Å². The Morgan fingerprint density at radius 2 is 1.56 bits per heavy atom. The molecule has 0 heterocycles. The maximum atomic E-state index is 12.2. The van der Waals surface area contributed by atoms with Gasteiger partial charge in [-0.05, 0) is 60.4 Å². The van der Waals surface area contributed by atoms with Crippen molar-refractivity contribution < 1.29 is 28.5 Å². The van der Waals surface area contributed by atoms with Crippen LogP contribution in [0.25, 0.3) is 6.08 Å². The lowest BCUT2D eigenvalue weighted by atomic mass is 10.1. The van der Waals surface area contributed by atoms with Gasteiger partial charge >= 0.3 is 0 Å². The van der Waals surface area contributed by atoms with Gasteiger partial charge in [0, 0.05) is 11.6 Å². The lowest BCUT2D eigenvalue weighted by Crippen LogP contribution is -2.40. The van der Waals surface area contributed by atoms with E-state index in [2.05, 4.69) is 24.7 Å². The van der Waals surface area contributed by atoms with E-state index >= 15 is 0 Å². The molecule has 0 bridgehead atoms. The van der Waals surface area contributed by atoms with E-state index in [1.54, 1.807) is 42.5 Å². The molecule has 0 saturated carbocycles. The number of carbonyl (C=O) groups is 2. The van der Waals surface area contributed by atoms with Crippen LogP contribution >= 0.6 is 0 Å². The predicted molar refractivity (Wildman–Crippen MR) is 122 cm³/mol. The van der Waals surface area contributed by atoms with Crippen molar-refractivity contribution in [1.82, 2.24) is 10.9 Å². The van der Waals surface area contributed by atoms with Crippen molar-refractivity contribution in [3.8, 4) is 23.0 Å². The summed E-state index contributed by atoms with van der Waals surface area (Å²) in [5.41, 5.74) is 5.78. The Hall–Kier alpha value is -3.68. The minimum atomic E-state index is -0.499. The maximum absolute atomic E-state index is 12.2. The van der Waals surface area contributed by atoms with Crippen LogP contribution in [0.5, 0.6) is 23.0 Å². The van der Waals surface area contributed by atoms with Crippen LogP contribution in [0.3, 0.4) is 0 Å². The molecule has 2 rings (SSSR count). The Balaban J connectivity index is 1.91. The van der Waals surface area contributed by atoms with Gasteiger partial charge in [-0.1, -0.05) is 13.8 Å². The van der Waals surface area contributed by atoms with Gasteiger partial charge in [0.15, 0.2) is 11.5 Å². The third kappa shape index (κ3) is 7.23. The van der Waals surface area contributed by atoms with Crippen molar-refractivity contribution in [3.63, 3.8) is 0 Å². The summed E-state index contributed by atoms with van der Waals surface area (Å²) in [6.07, 6.45) is 3.81. The van der Waals surface area contributed by atoms with E-state index in [0.717, 1.165) is 6.42 Å². The second-order valence-electron chi connectivity index (χ2n) is 7.29. The Bertz CT molecular complexity index is 913. The molecule has 0 unspecified atom stereocenters. The van der Waals surface area contributed by atoms with Gasteiger partial charge in [-0.3, -0.25) is 20.4 Å². The molecular weight excluding hydrogens is 412 g/mol. The first kappa shape index (κ1) is 24.6. The Morgan fingerprint density at radius 3 is 2.09 bits per heavy atom. The molecule has 0 aromatic heterocycles. The Labute approximate surface area is 188 Å². The number of rotatable bonds is 10. The summed E-state index contributed by atoms with van der Waals surface area (Å²) in [5, 5.41) is 0. The number of ether oxygens (including phenoxy) is 4. The fourth-order valence-corrected chi connectivity index (χ4v) is 2.72. The number of hydrazine groups is 1. The van der Waals surface area contributed by atoms with Gasteiger partial charge in [-0.2, -0.15) is 0 Å². The van der Waals surface area contributed by atoms with Gasteiger partial charge in [0.05, 0.1) is 27.9 Å². The van der Waals surface area contributed by atoms with Crippen molar-refractivity contribution in [2.45, 2.75) is 20.3 Å². The second kappa shape index (κ2) is 12.2. The SMILES string of the molecule is COc1cc(/C=C/C(=O)NNC(=O)c2ccc(OCCC(C)C)cc2)cc(OC)c1OC. The number of hydrogen-bond donors (Lipinski definition) is 2. The summed E-state index contributed by atoms with van der Waals surface area (Å²) in [4.78, 5) is 24.3. The molecular formula is C24H30N2O6. The highest BCUT2D eigenvalue weighted by Gasteiger charge is 2.12. The average molecular weight is 443 g/mol. The highest BCUT2D eigenvalue weighted by atomic mass is 16.5. The van der Waals surface area contributed by atoms with Crippen molar-refractivity contribution in [1.29, 1.82) is 0 Å². The Morgan fingerprint density at radius 1 is 0.938 bits per heavy atom. The number of benzene rings is 2. The summed E-state index contributed by atoms with van der Waals surface area (Å²) >= 11 is 0. The van der Waals surface area contributed by atoms with E-state index in [9.17, 15) is 9.59 Å². The normalized spacial score (nSPS) is 10.7. The summed E-state index contributed by atoms with van der Waals surface area (Å²) in [6.45, 7) is 4.88. The molecule has 0 atom stereocenters. The summed E-state index contributed by atoms with van der Waals surface area (Å²) in [7, 11) is 4.54. The van der Waals surface area contributed by atoms with Crippen LogP contribution in [0.15, 0.2) is 42.5 Å². The molecule has 0 fully saturated rings. The van der Waals surface area contributed by atoms with Crippen molar-refractivity contribution in [2.24, 2.45) is 5.92 Å². The summed E-state index contributed by atoms with van der Waals surface area (Å²) in [6, 6.07) is 10.1. The zero-order valence-corrected chi connectivity index (χ0v) is 19.1. The molecule has 8 heteroatoms. The number of amides is 2. The van der Waals surface area contributed by atoms with Crippen LogP contribution in [0.4, 0.5) is 0 Å². The standard InChI is InChI=1S/C24H30N2O6/c1-16(2)12-13-32-19-9-7-18(8-10-19)24(28)26-25-22(27)11-6-17-14-20(29-3)23(31-5)21(15-17)30-4/h6-11,14-16H,12-13H2,1-5H3,(H,25,27)(H,26,28)/b11-6+. The van der Waals surface area contributed by atoms with Crippen LogP contribution in [0.2, 0.25) is 0 Å². The van der Waals surface area contributed by atoms with E-state index in [0.29, 0.717) is 46.6 Å². The highest BCUT2D eigenvalue weighted by molar-refractivity contribution is 5.98. The van der Waals surface area contributed by atoms with E-state index < -0.39 is 11.8 Å². The molecule has 0 aliphatic carbocycles. The molecule has 0 spiro atoms. The smallest absolute Gasteiger partial charge is 0.269 e. The Kier molecular flexibility index (Phi) is 9.41. The molecule has 8 nitrogen and oxygen atoms in total. The lowest BCUT2D eigenvalue weighted by molar-refractivity contribution is -0.117. The summed E-state index contributed by atoms with van der Waals surface area (Å²) in [5.74, 6) is 1.72. The van der Waals surface area contributed by atoms with E-state index in [1.807, 2.05) is 0 Å². The van der Waals surface area contributed by atoms with Crippen LogP contribution in [0.1, 0.15) is 36.2 Å². The zero-order chi connectivity index (χ0) is 23.5. The molecule has 2 aromatic carbocycles. The molecule has 0 radical (unpaired) electrons. The summed E-state index contributed by atoms with van der Waals surface area (Å²) < 4.78 is 21.5. The van der Waals surface area contributed by atoms with Crippen LogP contribution in [-0.4, -0.2) is 39.8 Å². The first-order valence-electron chi connectivity index (χ1n) is 10.2. The van der Waals surface area contributed by atoms with Crippen molar-refractivity contribution >= 4 is 17.9 Å². The number of carbonyl (C=O) groups excluding carboxylic acids is 2. The fraction of sp³-hybridized carbons (Fsp3) is 0.333. The average Bonchev–Trinajstić information content (AvgIpc) is 2.80. The zero-order valence-electron chi connectivity index (χ0n) is 19.1. The van der Waals surface area contributed by atoms with Gasteiger partial charge in [0.25, 0.3) is 11.8 Å². The second-order valence-corrected chi connectivity index (χ2v) is 7.29. The van der Waals surface area contributed by atoms with Crippen molar-refractivity contribution in [3.05, 3.63) is 53.6 Å². The van der Waals surface area contributed by atoms with Crippen LogP contribution in [-0.2, 0) is 4.79 Å². The van der Waals surface area contributed by atoms with Gasteiger partial charge in [-0.25, -0.2) is 0 Å². The van der Waals surface area contributed by atoms with Gasteiger partial charge in [-0.15, -0.1) is 0 Å². The lowest BCUT2D eigenvalue weighted by Gasteiger charge is -2.12. The van der Waals surface area contributed by atoms with E-state index in [1.165, 1.54) is 27.4 Å². The molecule has 172 valence electrons. The monoisotopic (exact) mass is 442 g/mol. The molecule has 2 amide bonds.